The zero-order valence-electron chi connectivity index (χ0n) is 12.8. The lowest BCUT2D eigenvalue weighted by Crippen LogP contribution is -2.61. The van der Waals surface area contributed by atoms with Gasteiger partial charge in [0, 0.05) is 31.5 Å². The molecule has 0 aromatic rings. The molecule has 1 saturated carbocycles. The van der Waals surface area contributed by atoms with Gasteiger partial charge in [-0.1, -0.05) is 13.8 Å². The van der Waals surface area contributed by atoms with Gasteiger partial charge < -0.3 is 15.3 Å². The molecule has 1 heterocycles. The van der Waals surface area contributed by atoms with E-state index in [1.807, 2.05) is 13.8 Å². The molecule has 2 atom stereocenters. The monoisotopic (exact) mass is 297 g/mol. The van der Waals surface area contributed by atoms with Crippen LogP contribution in [0, 0.1) is 5.41 Å². The molecule has 2 aliphatic rings. The van der Waals surface area contributed by atoms with Crippen molar-refractivity contribution in [2.75, 3.05) is 20.1 Å². The van der Waals surface area contributed by atoms with Crippen molar-refractivity contribution in [2.24, 2.45) is 5.41 Å². The van der Waals surface area contributed by atoms with Gasteiger partial charge in [0.25, 0.3) is 0 Å². The summed E-state index contributed by atoms with van der Waals surface area (Å²) < 4.78 is 0. The first-order chi connectivity index (χ1) is 9.73. The van der Waals surface area contributed by atoms with E-state index in [-0.39, 0.29) is 54.9 Å². The van der Waals surface area contributed by atoms with E-state index in [2.05, 4.69) is 5.32 Å². The first-order valence-corrected chi connectivity index (χ1v) is 7.26. The molecule has 0 aromatic carbocycles. The second kappa shape index (κ2) is 5.63. The van der Waals surface area contributed by atoms with E-state index in [1.54, 1.807) is 7.05 Å². The third kappa shape index (κ3) is 3.02. The summed E-state index contributed by atoms with van der Waals surface area (Å²) in [4.78, 5) is 37.6. The predicted octanol–water partition coefficient (Wildman–Crippen LogP) is -0.0638. The number of hydrogen-bond donors (Lipinski definition) is 2. The zero-order chi connectivity index (χ0) is 15.8. The maximum Gasteiger partial charge on any atom is 0.326 e. The van der Waals surface area contributed by atoms with Crippen LogP contribution in [0.15, 0.2) is 0 Å². The van der Waals surface area contributed by atoms with Gasteiger partial charge in [0.15, 0.2) is 0 Å². The van der Waals surface area contributed by atoms with Gasteiger partial charge in [0.05, 0.1) is 6.10 Å². The molecule has 118 valence electrons. The first-order valence-electron chi connectivity index (χ1n) is 7.26. The van der Waals surface area contributed by atoms with Gasteiger partial charge in [-0.3, -0.25) is 14.5 Å². The lowest BCUT2D eigenvalue weighted by atomic mass is 9.64. The summed E-state index contributed by atoms with van der Waals surface area (Å²) >= 11 is 0. The zero-order valence-corrected chi connectivity index (χ0v) is 12.8. The van der Waals surface area contributed by atoms with Crippen LogP contribution < -0.4 is 5.32 Å². The molecule has 2 N–H and O–H groups in total. The van der Waals surface area contributed by atoms with Gasteiger partial charge >= 0.3 is 6.03 Å². The number of aliphatic hydroxyl groups excluding tert-OH is 1. The van der Waals surface area contributed by atoms with Crippen LogP contribution in [0.5, 0.6) is 0 Å². The standard InChI is InChI=1S/C14H23N3O4/c1-14(2)9(7-10(14)18)15-11(19)5-4-6-17-12(20)8-16(3)13(17)21/h9-10,18H,4-8H2,1-3H3,(H,15,19). The van der Waals surface area contributed by atoms with Gasteiger partial charge in [0.1, 0.15) is 6.54 Å². The van der Waals surface area contributed by atoms with Crippen molar-refractivity contribution in [3.8, 4) is 0 Å². The molecule has 2 unspecified atom stereocenters. The van der Waals surface area contributed by atoms with Crippen LogP contribution in [0.3, 0.4) is 0 Å². The Morgan fingerprint density at radius 1 is 1.43 bits per heavy atom. The van der Waals surface area contributed by atoms with E-state index < -0.39 is 0 Å². The van der Waals surface area contributed by atoms with Crippen molar-refractivity contribution in [3.05, 3.63) is 0 Å². The third-order valence-corrected chi connectivity index (χ3v) is 4.57. The smallest absolute Gasteiger partial charge is 0.326 e. The molecule has 1 aliphatic heterocycles. The lowest BCUT2D eigenvalue weighted by Gasteiger charge is -2.49. The Bertz CT molecular complexity index is 463. The maximum absolute atomic E-state index is 11.9. The van der Waals surface area contributed by atoms with Gasteiger partial charge in [-0.25, -0.2) is 4.79 Å². The average molecular weight is 297 g/mol. The van der Waals surface area contributed by atoms with E-state index in [1.165, 1.54) is 9.80 Å². The second-order valence-corrected chi connectivity index (χ2v) is 6.48. The molecule has 0 aromatic heterocycles. The normalized spacial score (nSPS) is 27.8. The molecule has 7 heteroatoms. The fourth-order valence-corrected chi connectivity index (χ4v) is 2.70. The fraction of sp³-hybridized carbons (Fsp3) is 0.786. The molecule has 2 rings (SSSR count). The third-order valence-electron chi connectivity index (χ3n) is 4.57. The van der Waals surface area contributed by atoms with Crippen molar-refractivity contribution in [3.63, 3.8) is 0 Å². The molecule has 7 nitrogen and oxygen atoms in total. The van der Waals surface area contributed by atoms with Crippen LogP contribution in [0.4, 0.5) is 4.79 Å². The Labute approximate surface area is 124 Å². The highest BCUT2D eigenvalue weighted by Crippen LogP contribution is 2.40. The van der Waals surface area contributed by atoms with Crippen LogP contribution >= 0.6 is 0 Å². The molecule has 0 spiro atoms. The Morgan fingerprint density at radius 3 is 2.57 bits per heavy atom. The van der Waals surface area contributed by atoms with E-state index in [0.717, 1.165) is 0 Å². The van der Waals surface area contributed by atoms with Crippen molar-refractivity contribution < 1.29 is 19.5 Å². The Morgan fingerprint density at radius 2 is 2.10 bits per heavy atom. The highest BCUT2D eigenvalue weighted by atomic mass is 16.3. The molecular formula is C14H23N3O4. The summed E-state index contributed by atoms with van der Waals surface area (Å²) in [5.41, 5.74) is -0.292. The number of rotatable bonds is 5. The highest BCUT2D eigenvalue weighted by Gasteiger charge is 2.47. The van der Waals surface area contributed by atoms with Crippen LogP contribution in [-0.2, 0) is 9.59 Å². The summed E-state index contributed by atoms with van der Waals surface area (Å²) in [6.07, 6.45) is 0.918. The summed E-state index contributed by atoms with van der Waals surface area (Å²) in [6.45, 7) is 4.22. The Hall–Kier alpha value is -1.63. The maximum atomic E-state index is 11.9. The van der Waals surface area contributed by atoms with Gasteiger partial charge in [-0.2, -0.15) is 0 Å². The molecular weight excluding hydrogens is 274 g/mol. The van der Waals surface area contributed by atoms with Crippen LogP contribution in [-0.4, -0.2) is 65.0 Å². The van der Waals surface area contributed by atoms with Crippen molar-refractivity contribution in [1.82, 2.24) is 15.1 Å². The molecule has 21 heavy (non-hydrogen) atoms. The predicted molar refractivity (Wildman–Crippen MR) is 75.3 cm³/mol. The fourth-order valence-electron chi connectivity index (χ4n) is 2.70. The molecule has 4 amide bonds. The molecule has 2 fully saturated rings. The minimum absolute atomic E-state index is 0.0128. The van der Waals surface area contributed by atoms with E-state index in [0.29, 0.717) is 12.8 Å². The second-order valence-electron chi connectivity index (χ2n) is 6.48. The van der Waals surface area contributed by atoms with Crippen molar-refractivity contribution in [1.29, 1.82) is 0 Å². The number of urea groups is 1. The lowest BCUT2D eigenvalue weighted by molar-refractivity contribution is -0.130. The summed E-state index contributed by atoms with van der Waals surface area (Å²) in [7, 11) is 1.58. The highest BCUT2D eigenvalue weighted by molar-refractivity contribution is 6.01. The van der Waals surface area contributed by atoms with E-state index in [4.69, 9.17) is 0 Å². The van der Waals surface area contributed by atoms with Crippen LogP contribution in [0.25, 0.3) is 0 Å². The number of nitrogens with one attached hydrogen (secondary N) is 1. The van der Waals surface area contributed by atoms with E-state index >= 15 is 0 Å². The topological polar surface area (TPSA) is 90.0 Å². The van der Waals surface area contributed by atoms with Crippen LogP contribution in [0.1, 0.15) is 33.1 Å². The van der Waals surface area contributed by atoms with Gasteiger partial charge in [-0.15, -0.1) is 0 Å². The summed E-state index contributed by atoms with van der Waals surface area (Å²) in [5.74, 6) is -0.321. The minimum atomic E-state index is -0.377. The number of imide groups is 1. The number of nitrogens with zero attached hydrogens (tertiary/aromatic N) is 2. The minimum Gasteiger partial charge on any atom is -0.392 e. The van der Waals surface area contributed by atoms with Crippen LogP contribution in [0.2, 0.25) is 0 Å². The number of likely N-dealkylation sites (N-methyl/N-ethyl adjacent to an activating group) is 1. The van der Waals surface area contributed by atoms with E-state index in [9.17, 15) is 19.5 Å². The summed E-state index contributed by atoms with van der Waals surface area (Å²) in [5, 5.41) is 12.5. The first kappa shape index (κ1) is 15.8. The SMILES string of the molecule is CN1CC(=O)N(CCCC(=O)NC2CC(O)C2(C)C)C1=O. The van der Waals surface area contributed by atoms with Crippen molar-refractivity contribution in [2.45, 2.75) is 45.3 Å². The quantitative estimate of drug-likeness (QED) is 0.695. The number of aliphatic hydroxyl groups is 1. The molecule has 0 radical (unpaired) electrons. The Balaban J connectivity index is 1.71. The van der Waals surface area contributed by atoms with Gasteiger partial charge in [0.2, 0.25) is 11.8 Å². The number of carbonyl (C=O) groups excluding carboxylic acids is 3. The van der Waals surface area contributed by atoms with Crippen molar-refractivity contribution >= 4 is 17.8 Å². The summed E-state index contributed by atoms with van der Waals surface area (Å²) in [6, 6.07) is -0.315. The average Bonchev–Trinajstić information content (AvgIpc) is 2.64. The number of amides is 4. The Kier molecular flexibility index (Phi) is 4.22. The van der Waals surface area contributed by atoms with Gasteiger partial charge in [-0.05, 0) is 12.8 Å². The largest absolute Gasteiger partial charge is 0.392 e. The molecule has 1 saturated heterocycles. The molecule has 0 bridgehead atoms. The number of hydrogen-bond acceptors (Lipinski definition) is 4. The molecule has 1 aliphatic carbocycles. The number of carbonyl (C=O) groups is 3.